The number of alkyl halides is 1. The summed E-state index contributed by atoms with van der Waals surface area (Å²) in [5, 5.41) is 3.28. The molecule has 94 valence electrons. The van der Waals surface area contributed by atoms with Crippen LogP contribution in [-0.4, -0.2) is 37.8 Å². The third-order valence-electron chi connectivity index (χ3n) is 3.07. The van der Waals surface area contributed by atoms with Crippen LogP contribution in [0.3, 0.4) is 0 Å². The maximum absolute atomic E-state index is 13.3. The minimum atomic E-state index is -0.339. The summed E-state index contributed by atoms with van der Waals surface area (Å²) in [5.41, 5.74) is 1.03. The van der Waals surface area contributed by atoms with Crippen LogP contribution in [0.25, 0.3) is 0 Å². The molecule has 0 saturated carbocycles. The fraction of sp³-hybridized carbons (Fsp3) is 0.500. The number of halogens is 3. The lowest BCUT2D eigenvalue weighted by molar-refractivity contribution is 0.147. The average molecular weight is 366 g/mol. The first kappa shape index (κ1) is 13.5. The van der Waals surface area contributed by atoms with Crippen molar-refractivity contribution in [2.45, 2.75) is 6.04 Å². The maximum atomic E-state index is 13.3. The van der Waals surface area contributed by atoms with Gasteiger partial charge in [-0.25, -0.2) is 4.39 Å². The molecular weight excluding hydrogens is 351 g/mol. The van der Waals surface area contributed by atoms with Gasteiger partial charge >= 0.3 is 0 Å². The Bertz CT molecular complexity index is 381. The van der Waals surface area contributed by atoms with Crippen molar-refractivity contribution >= 4 is 31.9 Å². The van der Waals surface area contributed by atoms with E-state index in [-0.39, 0.29) is 12.7 Å². The van der Waals surface area contributed by atoms with E-state index in [1.807, 2.05) is 18.2 Å². The zero-order chi connectivity index (χ0) is 12.3. The summed E-state index contributed by atoms with van der Waals surface area (Å²) in [6, 6.07) is 5.82. The van der Waals surface area contributed by atoms with E-state index in [4.69, 9.17) is 0 Å². The molecule has 0 unspecified atom stereocenters. The van der Waals surface area contributed by atoms with Crippen LogP contribution in [0, 0.1) is 0 Å². The Morgan fingerprint density at radius 1 is 1.24 bits per heavy atom. The standard InChI is InChI=1S/C12H15Br2FN2/c13-10-2-1-9(7-11(10)14)12(8-15)17-5-3-16-4-6-17/h1-2,7,12,16H,3-6,8H2/t12-/m0/s1. The molecule has 0 radical (unpaired) electrons. The molecule has 5 heteroatoms. The predicted octanol–water partition coefficient (Wildman–Crippen LogP) is 3.13. The number of hydrogen-bond donors (Lipinski definition) is 1. The first-order valence-corrected chi connectivity index (χ1v) is 7.26. The van der Waals surface area contributed by atoms with E-state index in [1.165, 1.54) is 0 Å². The Kier molecular flexibility index (Phi) is 4.97. The van der Waals surface area contributed by atoms with Crippen molar-refractivity contribution in [2.75, 3.05) is 32.9 Å². The SMILES string of the molecule is FC[C@@H](c1ccc(Br)c(Br)c1)N1CCNCC1. The summed E-state index contributed by atoms with van der Waals surface area (Å²) in [5.74, 6) is 0. The van der Waals surface area contributed by atoms with E-state index < -0.39 is 0 Å². The molecule has 1 aromatic rings. The van der Waals surface area contributed by atoms with E-state index in [9.17, 15) is 4.39 Å². The van der Waals surface area contributed by atoms with Gasteiger partial charge in [-0.15, -0.1) is 0 Å². The minimum absolute atomic E-state index is 0.124. The second-order valence-corrected chi connectivity index (χ2v) is 5.84. The van der Waals surface area contributed by atoms with E-state index in [1.54, 1.807) is 0 Å². The van der Waals surface area contributed by atoms with Crippen LogP contribution in [0.15, 0.2) is 27.1 Å². The fourth-order valence-corrected chi connectivity index (χ4v) is 2.75. The maximum Gasteiger partial charge on any atom is 0.109 e. The van der Waals surface area contributed by atoms with Crippen molar-refractivity contribution in [3.8, 4) is 0 Å². The Labute approximate surface area is 118 Å². The summed E-state index contributed by atoms with van der Waals surface area (Å²) in [7, 11) is 0. The van der Waals surface area contributed by atoms with Crippen molar-refractivity contribution in [1.82, 2.24) is 10.2 Å². The van der Waals surface area contributed by atoms with Crippen LogP contribution >= 0.6 is 31.9 Å². The van der Waals surface area contributed by atoms with Gasteiger partial charge in [0, 0.05) is 35.1 Å². The molecule has 17 heavy (non-hydrogen) atoms. The van der Waals surface area contributed by atoms with Crippen LogP contribution in [0.5, 0.6) is 0 Å². The van der Waals surface area contributed by atoms with Crippen LogP contribution in [0.1, 0.15) is 11.6 Å². The molecule has 2 nitrogen and oxygen atoms in total. The van der Waals surface area contributed by atoms with Gasteiger partial charge in [-0.05, 0) is 49.6 Å². The minimum Gasteiger partial charge on any atom is -0.314 e. The van der Waals surface area contributed by atoms with Gasteiger partial charge in [0.1, 0.15) is 6.67 Å². The molecular formula is C12H15Br2FN2. The molecule has 1 atom stereocenters. The van der Waals surface area contributed by atoms with Gasteiger partial charge in [-0.2, -0.15) is 0 Å². The first-order valence-electron chi connectivity index (χ1n) is 5.68. The smallest absolute Gasteiger partial charge is 0.109 e. The zero-order valence-corrected chi connectivity index (χ0v) is 12.6. The Hall–Kier alpha value is 0.0300. The molecule has 0 amide bonds. The molecule has 0 aromatic heterocycles. The molecule has 1 fully saturated rings. The van der Waals surface area contributed by atoms with Crippen molar-refractivity contribution in [1.29, 1.82) is 0 Å². The van der Waals surface area contributed by atoms with Gasteiger partial charge in [0.15, 0.2) is 0 Å². The lowest BCUT2D eigenvalue weighted by Gasteiger charge is -2.33. The molecule has 0 bridgehead atoms. The Balaban J connectivity index is 2.18. The summed E-state index contributed by atoms with van der Waals surface area (Å²) in [6.07, 6.45) is 0. The van der Waals surface area contributed by atoms with Crippen LogP contribution < -0.4 is 5.32 Å². The summed E-state index contributed by atoms with van der Waals surface area (Å²) < 4.78 is 15.2. The third kappa shape index (κ3) is 3.28. The van der Waals surface area contributed by atoms with Gasteiger partial charge in [0.2, 0.25) is 0 Å². The topological polar surface area (TPSA) is 15.3 Å². The highest BCUT2D eigenvalue weighted by atomic mass is 79.9. The molecule has 1 aliphatic heterocycles. The summed E-state index contributed by atoms with van der Waals surface area (Å²) in [4.78, 5) is 2.20. The van der Waals surface area contributed by atoms with Gasteiger partial charge < -0.3 is 5.32 Å². The molecule has 1 aliphatic rings. The molecule has 1 heterocycles. The molecule has 2 rings (SSSR count). The van der Waals surface area contributed by atoms with Crippen LogP contribution in [0.2, 0.25) is 0 Å². The van der Waals surface area contributed by atoms with Crippen molar-refractivity contribution in [3.63, 3.8) is 0 Å². The number of nitrogens with one attached hydrogen (secondary N) is 1. The molecule has 1 N–H and O–H groups in total. The number of benzene rings is 1. The third-order valence-corrected chi connectivity index (χ3v) is 4.95. The van der Waals surface area contributed by atoms with E-state index >= 15 is 0 Å². The number of hydrogen-bond acceptors (Lipinski definition) is 2. The van der Waals surface area contributed by atoms with E-state index in [2.05, 4.69) is 42.1 Å². The first-order chi connectivity index (χ1) is 8.22. The Morgan fingerprint density at radius 3 is 2.53 bits per heavy atom. The molecule has 1 saturated heterocycles. The predicted molar refractivity (Wildman–Crippen MR) is 75.0 cm³/mol. The van der Waals surface area contributed by atoms with Gasteiger partial charge in [-0.3, -0.25) is 4.90 Å². The van der Waals surface area contributed by atoms with Crippen LogP contribution in [-0.2, 0) is 0 Å². The highest BCUT2D eigenvalue weighted by Crippen LogP contribution is 2.29. The molecule has 0 spiro atoms. The quantitative estimate of drug-likeness (QED) is 0.885. The Morgan fingerprint density at radius 2 is 1.94 bits per heavy atom. The zero-order valence-electron chi connectivity index (χ0n) is 9.43. The highest BCUT2D eigenvalue weighted by molar-refractivity contribution is 9.13. The van der Waals surface area contributed by atoms with Crippen molar-refractivity contribution in [2.24, 2.45) is 0 Å². The summed E-state index contributed by atoms with van der Waals surface area (Å²) in [6.45, 7) is 3.35. The summed E-state index contributed by atoms with van der Waals surface area (Å²) >= 11 is 6.90. The second-order valence-electron chi connectivity index (χ2n) is 4.13. The lowest BCUT2D eigenvalue weighted by atomic mass is 10.1. The molecule has 0 aliphatic carbocycles. The fourth-order valence-electron chi connectivity index (χ4n) is 2.11. The normalized spacial score (nSPS) is 19.2. The number of rotatable bonds is 3. The lowest BCUT2D eigenvalue weighted by Crippen LogP contribution is -2.45. The van der Waals surface area contributed by atoms with Crippen molar-refractivity contribution in [3.05, 3.63) is 32.7 Å². The number of nitrogens with zero attached hydrogens (tertiary/aromatic N) is 1. The van der Waals surface area contributed by atoms with E-state index in [0.29, 0.717) is 0 Å². The van der Waals surface area contributed by atoms with E-state index in [0.717, 1.165) is 40.7 Å². The largest absolute Gasteiger partial charge is 0.314 e. The van der Waals surface area contributed by atoms with Gasteiger partial charge in [0.05, 0.1) is 6.04 Å². The van der Waals surface area contributed by atoms with Gasteiger partial charge in [0.25, 0.3) is 0 Å². The molecule has 1 aromatic carbocycles. The van der Waals surface area contributed by atoms with Crippen molar-refractivity contribution < 1.29 is 4.39 Å². The van der Waals surface area contributed by atoms with Gasteiger partial charge in [-0.1, -0.05) is 6.07 Å². The second kappa shape index (κ2) is 6.27. The monoisotopic (exact) mass is 364 g/mol. The number of piperazine rings is 1. The highest BCUT2D eigenvalue weighted by Gasteiger charge is 2.22. The van der Waals surface area contributed by atoms with Crippen LogP contribution in [0.4, 0.5) is 4.39 Å². The average Bonchev–Trinajstić information content (AvgIpc) is 2.36.